The minimum absolute atomic E-state index is 0.0241. The van der Waals surface area contributed by atoms with E-state index in [0.717, 1.165) is 24.3 Å². The Kier molecular flexibility index (Phi) is 4.42. The highest BCUT2D eigenvalue weighted by molar-refractivity contribution is 5.76. The van der Waals surface area contributed by atoms with Gasteiger partial charge in [-0.2, -0.15) is 5.10 Å². The first kappa shape index (κ1) is 16.3. The Bertz CT molecular complexity index is 792. The first-order valence-electron chi connectivity index (χ1n) is 8.20. The molecule has 0 N–H and O–H groups in total. The lowest BCUT2D eigenvalue weighted by Gasteiger charge is -2.36. The zero-order chi connectivity index (χ0) is 17.3. The van der Waals surface area contributed by atoms with Crippen molar-refractivity contribution in [2.75, 3.05) is 25.5 Å². The molecule has 1 amide bonds. The van der Waals surface area contributed by atoms with E-state index in [9.17, 15) is 9.59 Å². The van der Waals surface area contributed by atoms with Crippen LogP contribution in [0.25, 0.3) is 0 Å². The minimum atomic E-state index is -0.261. The molecule has 0 saturated carbocycles. The van der Waals surface area contributed by atoms with Crippen LogP contribution in [0.5, 0.6) is 0 Å². The monoisotopic (exact) mass is 329 g/mol. The Hall–Kier alpha value is -2.57. The normalized spacial score (nSPS) is 16.8. The molecule has 3 heterocycles. The molecular formula is C17H23N5O2. The Morgan fingerprint density at radius 2 is 2.17 bits per heavy atom. The fraction of sp³-hybridized carbons (Fsp3) is 0.471. The summed E-state index contributed by atoms with van der Waals surface area (Å²) in [7, 11) is 3.70. The summed E-state index contributed by atoms with van der Waals surface area (Å²) in [6.07, 6.45) is 4.50. The van der Waals surface area contributed by atoms with E-state index in [4.69, 9.17) is 0 Å². The molecule has 1 aliphatic rings. The van der Waals surface area contributed by atoms with Crippen molar-refractivity contribution in [1.29, 1.82) is 0 Å². The molecule has 0 saturated heterocycles. The summed E-state index contributed by atoms with van der Waals surface area (Å²) < 4.78 is 3.42. The van der Waals surface area contributed by atoms with E-state index in [2.05, 4.69) is 22.7 Å². The van der Waals surface area contributed by atoms with Gasteiger partial charge in [-0.1, -0.05) is 6.92 Å². The van der Waals surface area contributed by atoms with Crippen molar-refractivity contribution in [1.82, 2.24) is 19.2 Å². The van der Waals surface area contributed by atoms with Crippen molar-refractivity contribution in [3.63, 3.8) is 0 Å². The number of hydrogen-bond acceptors (Lipinski definition) is 4. The fourth-order valence-electron chi connectivity index (χ4n) is 3.20. The molecule has 1 aliphatic heterocycles. The predicted octanol–water partition coefficient (Wildman–Crippen LogP) is 1.10. The Morgan fingerprint density at radius 1 is 1.38 bits per heavy atom. The molecule has 128 valence electrons. The molecule has 0 radical (unpaired) electrons. The second-order valence-corrected chi connectivity index (χ2v) is 6.24. The van der Waals surface area contributed by atoms with Crippen LogP contribution in [-0.2, 0) is 17.9 Å². The maximum Gasteiger partial charge on any atom is 0.269 e. The average Bonchev–Trinajstić information content (AvgIpc) is 3.04. The van der Waals surface area contributed by atoms with Gasteiger partial charge in [0.2, 0.25) is 5.91 Å². The van der Waals surface area contributed by atoms with Crippen LogP contribution in [0, 0.1) is 0 Å². The van der Waals surface area contributed by atoms with Crippen LogP contribution in [0.3, 0.4) is 0 Å². The zero-order valence-corrected chi connectivity index (χ0v) is 14.3. The molecule has 0 aliphatic carbocycles. The average molecular weight is 329 g/mol. The quantitative estimate of drug-likeness (QED) is 0.843. The fourth-order valence-corrected chi connectivity index (χ4v) is 3.20. The summed E-state index contributed by atoms with van der Waals surface area (Å²) in [6, 6.07) is 5.62. The number of anilines is 1. The summed E-state index contributed by atoms with van der Waals surface area (Å²) in [5, 5.41) is 4.13. The molecule has 1 atom stereocenters. The van der Waals surface area contributed by atoms with E-state index >= 15 is 0 Å². The molecular weight excluding hydrogens is 306 g/mol. The number of nitrogens with zero attached hydrogens (tertiary/aromatic N) is 5. The van der Waals surface area contributed by atoms with Gasteiger partial charge in [-0.25, -0.2) is 4.68 Å². The summed E-state index contributed by atoms with van der Waals surface area (Å²) in [4.78, 5) is 28.6. The smallest absolute Gasteiger partial charge is 0.269 e. The predicted molar refractivity (Wildman–Crippen MR) is 92.0 cm³/mol. The summed E-state index contributed by atoms with van der Waals surface area (Å²) in [6.45, 7) is 3.49. The van der Waals surface area contributed by atoms with Gasteiger partial charge in [0.25, 0.3) is 5.56 Å². The standard InChI is InChI=1S/C17H23N5O2/c1-4-14-15-6-5-7-20(15)8-9-21(14)17(24)12-22-16(23)10-13(11-18-22)19(2)3/h5-7,10-11,14H,4,8-9,12H2,1-3H3/t14-/m0/s1. The van der Waals surface area contributed by atoms with E-state index in [1.807, 2.05) is 36.2 Å². The molecule has 24 heavy (non-hydrogen) atoms. The van der Waals surface area contributed by atoms with Crippen LogP contribution < -0.4 is 10.5 Å². The van der Waals surface area contributed by atoms with E-state index in [-0.39, 0.29) is 24.1 Å². The molecule has 2 aromatic heterocycles. The van der Waals surface area contributed by atoms with E-state index in [0.29, 0.717) is 6.54 Å². The maximum absolute atomic E-state index is 12.7. The molecule has 2 aromatic rings. The highest BCUT2D eigenvalue weighted by Gasteiger charge is 2.29. The van der Waals surface area contributed by atoms with Crippen LogP contribution in [0.2, 0.25) is 0 Å². The van der Waals surface area contributed by atoms with Gasteiger partial charge in [0, 0.05) is 45.1 Å². The van der Waals surface area contributed by atoms with Crippen molar-refractivity contribution in [2.24, 2.45) is 0 Å². The van der Waals surface area contributed by atoms with Crippen LogP contribution in [0.4, 0.5) is 5.69 Å². The van der Waals surface area contributed by atoms with Crippen LogP contribution in [-0.4, -0.2) is 45.8 Å². The molecule has 0 fully saturated rings. The largest absolute Gasteiger partial charge is 0.376 e. The summed E-state index contributed by atoms with van der Waals surface area (Å²) in [5.41, 5.74) is 1.62. The second-order valence-electron chi connectivity index (χ2n) is 6.24. The van der Waals surface area contributed by atoms with Gasteiger partial charge >= 0.3 is 0 Å². The lowest BCUT2D eigenvalue weighted by Crippen LogP contribution is -2.44. The number of hydrogen-bond donors (Lipinski definition) is 0. The molecule has 0 aromatic carbocycles. The van der Waals surface area contributed by atoms with E-state index in [1.165, 1.54) is 10.7 Å². The van der Waals surface area contributed by atoms with Gasteiger partial charge in [0.05, 0.1) is 17.9 Å². The highest BCUT2D eigenvalue weighted by atomic mass is 16.2. The number of carbonyl (C=O) groups excluding carboxylic acids is 1. The topological polar surface area (TPSA) is 63.4 Å². The van der Waals surface area contributed by atoms with Crippen molar-refractivity contribution >= 4 is 11.6 Å². The number of aromatic nitrogens is 3. The third kappa shape index (κ3) is 2.93. The van der Waals surface area contributed by atoms with Crippen molar-refractivity contribution in [2.45, 2.75) is 32.5 Å². The van der Waals surface area contributed by atoms with E-state index in [1.54, 1.807) is 6.20 Å². The molecule has 0 unspecified atom stereocenters. The Balaban J connectivity index is 1.79. The lowest BCUT2D eigenvalue weighted by molar-refractivity contribution is -0.135. The molecule has 0 bridgehead atoms. The molecule has 7 heteroatoms. The van der Waals surface area contributed by atoms with Gasteiger partial charge < -0.3 is 14.4 Å². The maximum atomic E-state index is 12.7. The van der Waals surface area contributed by atoms with Gasteiger partial charge in [-0.3, -0.25) is 9.59 Å². The number of fused-ring (bicyclic) bond motifs is 1. The SMILES string of the molecule is CC[C@H]1c2cccn2CCN1C(=O)Cn1ncc(N(C)C)cc1=O. The first-order valence-corrected chi connectivity index (χ1v) is 8.20. The first-order chi connectivity index (χ1) is 11.5. The van der Waals surface area contributed by atoms with Crippen molar-refractivity contribution < 1.29 is 4.79 Å². The van der Waals surface area contributed by atoms with Gasteiger partial charge in [-0.15, -0.1) is 0 Å². The Morgan fingerprint density at radius 3 is 2.83 bits per heavy atom. The third-order valence-corrected chi connectivity index (χ3v) is 4.53. The molecule has 3 rings (SSSR count). The zero-order valence-electron chi connectivity index (χ0n) is 14.3. The van der Waals surface area contributed by atoms with Crippen molar-refractivity contribution in [3.8, 4) is 0 Å². The second kappa shape index (κ2) is 6.51. The molecule has 7 nitrogen and oxygen atoms in total. The van der Waals surface area contributed by atoms with Crippen LogP contribution in [0.15, 0.2) is 35.4 Å². The van der Waals surface area contributed by atoms with Gasteiger partial charge in [0.1, 0.15) is 6.54 Å². The van der Waals surface area contributed by atoms with Crippen molar-refractivity contribution in [3.05, 3.63) is 46.6 Å². The van der Waals surface area contributed by atoms with Gasteiger partial charge in [-0.05, 0) is 18.6 Å². The number of carbonyl (C=O) groups is 1. The summed E-state index contributed by atoms with van der Waals surface area (Å²) >= 11 is 0. The Labute approximate surface area is 141 Å². The minimum Gasteiger partial charge on any atom is -0.376 e. The lowest BCUT2D eigenvalue weighted by atomic mass is 10.1. The van der Waals surface area contributed by atoms with Crippen LogP contribution in [0.1, 0.15) is 25.1 Å². The highest BCUT2D eigenvalue weighted by Crippen LogP contribution is 2.28. The van der Waals surface area contributed by atoms with Crippen LogP contribution >= 0.6 is 0 Å². The number of amides is 1. The number of rotatable bonds is 4. The summed E-state index contributed by atoms with van der Waals surface area (Å²) in [5.74, 6) is -0.0681. The third-order valence-electron chi connectivity index (χ3n) is 4.53. The van der Waals surface area contributed by atoms with Gasteiger partial charge in [0.15, 0.2) is 0 Å². The van der Waals surface area contributed by atoms with E-state index < -0.39 is 0 Å². The molecule has 0 spiro atoms.